The largest absolute Gasteiger partial charge is 0.379 e. The minimum atomic E-state index is -3.93. The first-order chi connectivity index (χ1) is 11.8. The summed E-state index contributed by atoms with van der Waals surface area (Å²) < 4.78 is 30.3. The molecule has 1 aliphatic heterocycles. The molecule has 0 radical (unpaired) electrons. The fourth-order valence-corrected chi connectivity index (χ4v) is 3.64. The van der Waals surface area contributed by atoms with Gasteiger partial charge in [-0.3, -0.25) is 4.90 Å². The summed E-state index contributed by atoms with van der Waals surface area (Å²) in [5.74, 6) is 0.295. The van der Waals surface area contributed by atoms with Gasteiger partial charge in [-0.05, 0) is 73.9 Å². The molecule has 7 heteroatoms. The Morgan fingerprint density at radius 2 is 1.64 bits per heavy atom. The highest BCUT2D eigenvalue weighted by atomic mass is 32.2. The van der Waals surface area contributed by atoms with Crippen molar-refractivity contribution < 1.29 is 17.4 Å². The maximum Gasteiger partial charge on any atom is 0.339 e. The number of carbonyl (C=O) groups is 1. The molecule has 2 aromatic carbocycles. The SMILES string of the molecule is Cc1cc(OS(=O)(=O)c2ccc(N3CCNC3=O)cc2)cc(C)c1C. The molecule has 0 unspecified atom stereocenters. The summed E-state index contributed by atoms with van der Waals surface area (Å²) in [5, 5.41) is 2.70. The van der Waals surface area contributed by atoms with Gasteiger partial charge < -0.3 is 9.50 Å². The Hall–Kier alpha value is -2.54. The zero-order valence-corrected chi connectivity index (χ0v) is 15.2. The predicted molar refractivity (Wildman–Crippen MR) is 95.7 cm³/mol. The Balaban J connectivity index is 1.84. The average molecular weight is 360 g/mol. The fourth-order valence-electron chi connectivity index (χ4n) is 2.73. The number of carbonyl (C=O) groups excluding carboxylic acids is 1. The van der Waals surface area contributed by atoms with Crippen LogP contribution in [0.4, 0.5) is 10.5 Å². The number of nitrogens with zero attached hydrogens (tertiary/aromatic N) is 1. The highest BCUT2D eigenvalue weighted by molar-refractivity contribution is 7.87. The number of anilines is 1. The van der Waals surface area contributed by atoms with Crippen LogP contribution >= 0.6 is 0 Å². The Labute approximate surface area is 147 Å². The molecule has 1 saturated heterocycles. The Morgan fingerprint density at radius 3 is 2.16 bits per heavy atom. The van der Waals surface area contributed by atoms with Crippen molar-refractivity contribution in [2.24, 2.45) is 0 Å². The van der Waals surface area contributed by atoms with Crippen LogP contribution in [0.3, 0.4) is 0 Å². The van der Waals surface area contributed by atoms with Gasteiger partial charge in [0.05, 0.1) is 0 Å². The molecule has 0 saturated carbocycles. The molecule has 1 aliphatic rings. The van der Waals surface area contributed by atoms with Crippen LogP contribution in [0.5, 0.6) is 5.75 Å². The summed E-state index contributed by atoms with van der Waals surface area (Å²) in [6.45, 7) is 6.95. The van der Waals surface area contributed by atoms with E-state index in [0.717, 1.165) is 16.7 Å². The Kier molecular flexibility index (Phi) is 4.43. The van der Waals surface area contributed by atoms with E-state index in [9.17, 15) is 13.2 Å². The van der Waals surface area contributed by atoms with Gasteiger partial charge in [0.25, 0.3) is 0 Å². The van der Waals surface area contributed by atoms with Crippen LogP contribution in [0.2, 0.25) is 0 Å². The number of hydrogen-bond donors (Lipinski definition) is 1. The number of rotatable bonds is 4. The van der Waals surface area contributed by atoms with Gasteiger partial charge in [-0.2, -0.15) is 8.42 Å². The summed E-state index contributed by atoms with van der Waals surface area (Å²) in [4.78, 5) is 13.3. The van der Waals surface area contributed by atoms with Crippen LogP contribution in [-0.2, 0) is 10.1 Å². The molecule has 1 fully saturated rings. The van der Waals surface area contributed by atoms with E-state index in [-0.39, 0.29) is 10.9 Å². The monoisotopic (exact) mass is 360 g/mol. The third-order valence-electron chi connectivity index (χ3n) is 4.40. The minimum Gasteiger partial charge on any atom is -0.379 e. The van der Waals surface area contributed by atoms with E-state index in [2.05, 4.69) is 5.32 Å². The summed E-state index contributed by atoms with van der Waals surface area (Å²) in [5.41, 5.74) is 3.70. The number of benzene rings is 2. The van der Waals surface area contributed by atoms with Crippen LogP contribution in [0, 0.1) is 20.8 Å². The molecular formula is C18H20N2O4S. The molecule has 3 rings (SSSR count). The quantitative estimate of drug-likeness (QED) is 0.851. The summed E-state index contributed by atoms with van der Waals surface area (Å²) in [6, 6.07) is 9.34. The molecule has 2 amide bonds. The van der Waals surface area contributed by atoms with Gasteiger partial charge in [0.1, 0.15) is 10.6 Å². The van der Waals surface area contributed by atoms with Crippen LogP contribution in [0.25, 0.3) is 0 Å². The van der Waals surface area contributed by atoms with Crippen LogP contribution in [0.1, 0.15) is 16.7 Å². The molecule has 0 spiro atoms. The maximum atomic E-state index is 12.5. The smallest absolute Gasteiger partial charge is 0.339 e. The van der Waals surface area contributed by atoms with Crippen LogP contribution in [-0.4, -0.2) is 27.5 Å². The number of hydrogen-bond acceptors (Lipinski definition) is 4. The highest BCUT2D eigenvalue weighted by Gasteiger charge is 2.23. The zero-order valence-electron chi connectivity index (χ0n) is 14.4. The van der Waals surface area contributed by atoms with Gasteiger partial charge in [-0.25, -0.2) is 4.79 Å². The number of urea groups is 1. The zero-order chi connectivity index (χ0) is 18.2. The molecule has 0 bridgehead atoms. The number of aryl methyl sites for hydroxylation is 2. The minimum absolute atomic E-state index is 0.0479. The molecular weight excluding hydrogens is 340 g/mol. The second-order valence-electron chi connectivity index (χ2n) is 6.10. The summed E-state index contributed by atoms with van der Waals surface area (Å²) in [7, 11) is -3.93. The Morgan fingerprint density at radius 1 is 1.04 bits per heavy atom. The highest BCUT2D eigenvalue weighted by Crippen LogP contribution is 2.25. The van der Waals surface area contributed by atoms with Crippen molar-refractivity contribution in [2.45, 2.75) is 25.7 Å². The molecule has 2 aromatic rings. The second kappa shape index (κ2) is 6.40. The lowest BCUT2D eigenvalue weighted by molar-refractivity contribution is 0.252. The van der Waals surface area contributed by atoms with Crippen LogP contribution < -0.4 is 14.4 Å². The molecule has 0 aromatic heterocycles. The van der Waals surface area contributed by atoms with E-state index in [1.54, 1.807) is 29.2 Å². The van der Waals surface area contributed by atoms with Gasteiger partial charge >= 0.3 is 16.1 Å². The summed E-state index contributed by atoms with van der Waals surface area (Å²) >= 11 is 0. The van der Waals surface area contributed by atoms with Crippen molar-refractivity contribution >= 4 is 21.8 Å². The third-order valence-corrected chi connectivity index (χ3v) is 5.66. The average Bonchev–Trinajstić information content (AvgIpc) is 2.98. The normalized spacial score (nSPS) is 14.5. The molecule has 1 heterocycles. The van der Waals surface area contributed by atoms with Crippen molar-refractivity contribution in [2.75, 3.05) is 18.0 Å². The topological polar surface area (TPSA) is 75.7 Å². The lowest BCUT2D eigenvalue weighted by Crippen LogP contribution is -2.27. The van der Waals surface area contributed by atoms with Gasteiger partial charge in [0.15, 0.2) is 0 Å². The van der Waals surface area contributed by atoms with Gasteiger partial charge in [-0.1, -0.05) is 0 Å². The lowest BCUT2D eigenvalue weighted by Gasteiger charge is -2.15. The van der Waals surface area contributed by atoms with Crippen molar-refractivity contribution in [1.29, 1.82) is 0 Å². The van der Waals surface area contributed by atoms with Gasteiger partial charge in [-0.15, -0.1) is 0 Å². The summed E-state index contributed by atoms with van der Waals surface area (Å²) in [6.07, 6.45) is 0. The molecule has 0 aliphatic carbocycles. The van der Waals surface area contributed by atoms with Crippen molar-refractivity contribution in [1.82, 2.24) is 5.32 Å². The van der Waals surface area contributed by atoms with E-state index in [1.165, 1.54) is 12.1 Å². The first-order valence-corrected chi connectivity index (χ1v) is 9.36. The molecule has 6 nitrogen and oxygen atoms in total. The maximum absolute atomic E-state index is 12.5. The van der Waals surface area contributed by atoms with E-state index in [1.807, 2.05) is 20.8 Å². The van der Waals surface area contributed by atoms with Crippen molar-refractivity contribution in [3.05, 3.63) is 53.1 Å². The van der Waals surface area contributed by atoms with E-state index < -0.39 is 10.1 Å². The predicted octanol–water partition coefficient (Wildman–Crippen LogP) is 2.91. The lowest BCUT2D eigenvalue weighted by atomic mass is 10.0. The second-order valence-corrected chi connectivity index (χ2v) is 7.64. The molecule has 132 valence electrons. The van der Waals surface area contributed by atoms with E-state index in [4.69, 9.17) is 4.18 Å². The van der Waals surface area contributed by atoms with Gasteiger partial charge in [0, 0.05) is 18.8 Å². The fraction of sp³-hybridized carbons (Fsp3) is 0.278. The number of nitrogens with one attached hydrogen (secondary N) is 1. The number of amides is 2. The van der Waals surface area contributed by atoms with E-state index in [0.29, 0.717) is 24.5 Å². The first-order valence-electron chi connectivity index (χ1n) is 7.96. The van der Waals surface area contributed by atoms with Crippen molar-refractivity contribution in [3.63, 3.8) is 0 Å². The van der Waals surface area contributed by atoms with Crippen LogP contribution in [0.15, 0.2) is 41.3 Å². The molecule has 1 N–H and O–H groups in total. The van der Waals surface area contributed by atoms with E-state index >= 15 is 0 Å². The Bertz CT molecular complexity index is 898. The first kappa shape index (κ1) is 17.3. The van der Waals surface area contributed by atoms with Gasteiger partial charge in [0.2, 0.25) is 0 Å². The molecule has 0 atom stereocenters. The van der Waals surface area contributed by atoms with Crippen molar-refractivity contribution in [3.8, 4) is 5.75 Å². The standard InChI is InChI=1S/C18H20N2O4S/c1-12-10-16(11-13(2)14(12)3)24-25(22,23)17-6-4-15(5-7-17)20-9-8-19-18(20)21/h4-7,10-11H,8-9H2,1-3H3,(H,19,21). The third kappa shape index (κ3) is 3.46. The molecule has 25 heavy (non-hydrogen) atoms.